The summed E-state index contributed by atoms with van der Waals surface area (Å²) in [5, 5.41) is 0. The van der Waals surface area contributed by atoms with Crippen molar-refractivity contribution < 1.29 is 0 Å². The Hall–Kier alpha value is -1.19. The van der Waals surface area contributed by atoms with Gasteiger partial charge in [-0.3, -0.25) is 0 Å². The summed E-state index contributed by atoms with van der Waals surface area (Å²) >= 11 is 1.66. The highest BCUT2D eigenvalue weighted by molar-refractivity contribution is 7.16. The van der Waals surface area contributed by atoms with Crippen molar-refractivity contribution in [1.29, 1.82) is 0 Å². The maximum atomic E-state index is 5.37. The van der Waals surface area contributed by atoms with E-state index in [9.17, 15) is 0 Å². The highest BCUT2D eigenvalue weighted by Crippen LogP contribution is 2.19. The molecule has 66 valence electrons. The van der Waals surface area contributed by atoms with Crippen molar-refractivity contribution in [2.45, 2.75) is 0 Å². The van der Waals surface area contributed by atoms with Crippen LogP contribution in [0.4, 0.5) is 0 Å². The van der Waals surface area contributed by atoms with Gasteiger partial charge in [-0.1, -0.05) is 18.2 Å². The van der Waals surface area contributed by atoms with Crippen molar-refractivity contribution in [3.05, 3.63) is 35.3 Å². The van der Waals surface area contributed by atoms with Crippen LogP contribution in [0.2, 0.25) is 0 Å². The first-order chi connectivity index (χ1) is 6.40. The van der Waals surface area contributed by atoms with Crippen LogP contribution in [-0.2, 0) is 0 Å². The quantitative estimate of drug-likeness (QED) is 0.789. The average molecular weight is 190 g/mol. The molecule has 0 unspecified atom stereocenters. The molecule has 1 heterocycles. The van der Waals surface area contributed by atoms with E-state index in [-0.39, 0.29) is 0 Å². The minimum absolute atomic E-state index is 0.584. The van der Waals surface area contributed by atoms with Crippen LogP contribution < -0.4 is 5.73 Å². The van der Waals surface area contributed by atoms with E-state index in [1.807, 2.05) is 29.8 Å². The second kappa shape index (κ2) is 3.68. The second-order valence-corrected chi connectivity index (χ2v) is 3.60. The molecular formula is C10H10N2S. The van der Waals surface area contributed by atoms with Crippen LogP contribution in [0.1, 0.15) is 5.56 Å². The van der Waals surface area contributed by atoms with Gasteiger partial charge < -0.3 is 5.73 Å². The maximum Gasteiger partial charge on any atom is 0.0812 e. The van der Waals surface area contributed by atoms with Crippen LogP contribution >= 0.6 is 11.3 Å². The highest BCUT2D eigenvalue weighted by atomic mass is 32.1. The van der Waals surface area contributed by atoms with Crippen LogP contribution in [0.3, 0.4) is 0 Å². The highest BCUT2D eigenvalue weighted by Gasteiger charge is 1.95. The third-order valence-corrected chi connectivity index (χ3v) is 2.59. The molecule has 0 saturated carbocycles. The molecule has 0 bridgehead atoms. The molecule has 0 saturated heterocycles. The van der Waals surface area contributed by atoms with E-state index in [2.05, 4.69) is 11.1 Å². The van der Waals surface area contributed by atoms with Crippen molar-refractivity contribution in [1.82, 2.24) is 4.98 Å². The lowest BCUT2D eigenvalue weighted by Gasteiger charge is -1.92. The first kappa shape index (κ1) is 8.41. The molecule has 2 aromatic rings. The number of nitrogens with two attached hydrogens (primary N) is 1. The van der Waals surface area contributed by atoms with E-state index >= 15 is 0 Å². The molecule has 3 heteroatoms. The Morgan fingerprint density at radius 3 is 3.23 bits per heavy atom. The van der Waals surface area contributed by atoms with Gasteiger partial charge in [0.25, 0.3) is 0 Å². The Bertz CT molecular complexity index is 431. The van der Waals surface area contributed by atoms with Gasteiger partial charge in [0.2, 0.25) is 0 Å². The summed E-state index contributed by atoms with van der Waals surface area (Å²) in [6, 6.07) is 6.20. The number of thiazole rings is 1. The number of hydrogen-bond acceptors (Lipinski definition) is 3. The molecule has 13 heavy (non-hydrogen) atoms. The lowest BCUT2D eigenvalue weighted by Crippen LogP contribution is -1.91. The van der Waals surface area contributed by atoms with E-state index in [0.29, 0.717) is 6.54 Å². The first-order valence-corrected chi connectivity index (χ1v) is 4.98. The Morgan fingerprint density at radius 2 is 2.38 bits per heavy atom. The molecule has 2 rings (SSSR count). The number of benzene rings is 1. The lowest BCUT2D eigenvalue weighted by molar-refractivity contribution is 1.26. The topological polar surface area (TPSA) is 38.9 Å². The van der Waals surface area contributed by atoms with Crippen LogP contribution in [0.5, 0.6) is 0 Å². The minimum atomic E-state index is 0.584. The van der Waals surface area contributed by atoms with Gasteiger partial charge >= 0.3 is 0 Å². The summed E-state index contributed by atoms with van der Waals surface area (Å²) in [6.45, 7) is 0.584. The molecule has 0 amide bonds. The van der Waals surface area contributed by atoms with Gasteiger partial charge in [-0.15, -0.1) is 11.3 Å². The molecule has 0 aliphatic rings. The fourth-order valence-electron chi connectivity index (χ4n) is 1.18. The van der Waals surface area contributed by atoms with Crippen molar-refractivity contribution in [2.24, 2.45) is 5.73 Å². The molecule has 0 aliphatic heterocycles. The molecule has 0 radical (unpaired) electrons. The zero-order valence-electron chi connectivity index (χ0n) is 7.10. The van der Waals surface area contributed by atoms with Gasteiger partial charge in [0.15, 0.2) is 0 Å². The maximum absolute atomic E-state index is 5.37. The van der Waals surface area contributed by atoms with Gasteiger partial charge in [0.1, 0.15) is 0 Å². The third kappa shape index (κ3) is 1.76. The van der Waals surface area contributed by atoms with Crippen LogP contribution in [0.25, 0.3) is 16.3 Å². The van der Waals surface area contributed by atoms with Gasteiger partial charge in [-0.2, -0.15) is 0 Å². The fraction of sp³-hybridized carbons (Fsp3) is 0.100. The average Bonchev–Trinajstić information content (AvgIpc) is 2.61. The third-order valence-electron chi connectivity index (χ3n) is 1.80. The predicted molar refractivity (Wildman–Crippen MR) is 57.7 cm³/mol. The zero-order valence-corrected chi connectivity index (χ0v) is 7.92. The normalized spacial score (nSPS) is 11.5. The van der Waals surface area contributed by atoms with Crippen LogP contribution in [0.15, 0.2) is 29.8 Å². The number of fused-ring (bicyclic) bond motifs is 1. The molecule has 1 aromatic carbocycles. The summed E-state index contributed by atoms with van der Waals surface area (Å²) < 4.78 is 1.22. The monoisotopic (exact) mass is 190 g/mol. The minimum Gasteiger partial charge on any atom is -0.327 e. The standard InChI is InChI=1S/C10H10N2S/c11-5-1-2-8-3-4-9-10(6-8)13-7-12-9/h1-4,6-7H,5,11H2/b2-1+. The van der Waals surface area contributed by atoms with Gasteiger partial charge in [0, 0.05) is 6.54 Å². The van der Waals surface area contributed by atoms with E-state index in [0.717, 1.165) is 5.52 Å². The Morgan fingerprint density at radius 1 is 1.46 bits per heavy atom. The number of rotatable bonds is 2. The van der Waals surface area contributed by atoms with E-state index in [1.165, 1.54) is 10.3 Å². The summed E-state index contributed by atoms with van der Waals surface area (Å²) in [6.07, 6.45) is 3.97. The van der Waals surface area contributed by atoms with Crippen molar-refractivity contribution >= 4 is 27.6 Å². The SMILES string of the molecule is NC/C=C/c1ccc2ncsc2c1. The molecule has 0 fully saturated rings. The van der Waals surface area contributed by atoms with Crippen LogP contribution in [0, 0.1) is 0 Å². The second-order valence-electron chi connectivity index (χ2n) is 2.72. The van der Waals surface area contributed by atoms with Crippen molar-refractivity contribution in [2.75, 3.05) is 6.54 Å². The van der Waals surface area contributed by atoms with E-state index < -0.39 is 0 Å². The Kier molecular flexibility index (Phi) is 2.38. The molecular weight excluding hydrogens is 180 g/mol. The number of hydrogen-bond donors (Lipinski definition) is 1. The van der Waals surface area contributed by atoms with E-state index in [4.69, 9.17) is 5.73 Å². The van der Waals surface area contributed by atoms with Gasteiger partial charge in [-0.05, 0) is 17.7 Å². The summed E-state index contributed by atoms with van der Waals surface area (Å²) in [4.78, 5) is 4.21. The van der Waals surface area contributed by atoms with Crippen molar-refractivity contribution in [3.8, 4) is 0 Å². The van der Waals surface area contributed by atoms with Gasteiger partial charge in [-0.25, -0.2) is 4.98 Å². The van der Waals surface area contributed by atoms with E-state index in [1.54, 1.807) is 11.3 Å². The molecule has 0 atom stereocenters. The predicted octanol–water partition coefficient (Wildman–Crippen LogP) is 2.27. The Balaban J connectivity index is 2.42. The summed E-state index contributed by atoms with van der Waals surface area (Å²) in [5.74, 6) is 0. The summed E-state index contributed by atoms with van der Waals surface area (Å²) in [5.41, 5.74) is 9.48. The Labute approximate surface area is 80.7 Å². The molecule has 0 spiro atoms. The molecule has 2 N–H and O–H groups in total. The lowest BCUT2D eigenvalue weighted by atomic mass is 10.2. The molecule has 0 aliphatic carbocycles. The smallest absolute Gasteiger partial charge is 0.0812 e. The number of aromatic nitrogens is 1. The van der Waals surface area contributed by atoms with Crippen LogP contribution in [-0.4, -0.2) is 11.5 Å². The first-order valence-electron chi connectivity index (χ1n) is 4.10. The fourth-order valence-corrected chi connectivity index (χ4v) is 1.90. The number of nitrogens with zero attached hydrogens (tertiary/aromatic N) is 1. The molecule has 2 nitrogen and oxygen atoms in total. The zero-order chi connectivity index (χ0) is 9.10. The largest absolute Gasteiger partial charge is 0.327 e. The summed E-state index contributed by atoms with van der Waals surface area (Å²) in [7, 11) is 0. The van der Waals surface area contributed by atoms with Crippen molar-refractivity contribution in [3.63, 3.8) is 0 Å². The van der Waals surface area contributed by atoms with Gasteiger partial charge in [0.05, 0.1) is 15.7 Å². The molecule has 1 aromatic heterocycles.